The van der Waals surface area contributed by atoms with Crippen LogP contribution >= 0.6 is 11.3 Å². The van der Waals surface area contributed by atoms with Gasteiger partial charge in [0.2, 0.25) is 0 Å². The molecule has 0 aliphatic carbocycles. The third-order valence-corrected chi connectivity index (χ3v) is 6.31. The molecule has 32 heavy (non-hydrogen) atoms. The van der Waals surface area contributed by atoms with Crippen LogP contribution < -0.4 is 20.3 Å². The van der Waals surface area contributed by atoms with Crippen molar-refractivity contribution >= 4 is 39.8 Å². The van der Waals surface area contributed by atoms with E-state index < -0.39 is 6.03 Å². The first-order valence-corrected chi connectivity index (χ1v) is 11.1. The largest absolute Gasteiger partial charge is 0.497 e. The van der Waals surface area contributed by atoms with Crippen LogP contribution in [-0.2, 0) is 0 Å². The molecule has 1 aliphatic heterocycles. The number of para-hydroxylation sites is 1. The number of hydrogen-bond acceptors (Lipinski definition) is 6. The fourth-order valence-corrected chi connectivity index (χ4v) is 4.46. The van der Waals surface area contributed by atoms with Gasteiger partial charge in [0.15, 0.2) is 5.13 Å². The van der Waals surface area contributed by atoms with Gasteiger partial charge in [-0.15, -0.1) is 0 Å². The van der Waals surface area contributed by atoms with E-state index in [0.29, 0.717) is 34.5 Å². The molecule has 1 aromatic heterocycles. The maximum Gasteiger partial charge on any atom is 0.325 e. The van der Waals surface area contributed by atoms with E-state index in [0.717, 1.165) is 24.5 Å². The van der Waals surface area contributed by atoms with Gasteiger partial charge in [0.1, 0.15) is 10.6 Å². The van der Waals surface area contributed by atoms with Gasteiger partial charge in [-0.1, -0.05) is 29.5 Å². The number of rotatable bonds is 5. The summed E-state index contributed by atoms with van der Waals surface area (Å²) in [5.41, 5.74) is 2.42. The Labute approximate surface area is 190 Å². The number of aryl methyl sites for hydroxylation is 1. The summed E-state index contributed by atoms with van der Waals surface area (Å²) in [4.78, 5) is 34.3. The lowest BCUT2D eigenvalue weighted by molar-refractivity contribution is 0.0750. The van der Waals surface area contributed by atoms with Crippen molar-refractivity contribution in [3.63, 3.8) is 0 Å². The number of benzene rings is 2. The highest BCUT2D eigenvalue weighted by Gasteiger charge is 2.26. The molecule has 0 radical (unpaired) electrons. The molecule has 0 unspecified atom stereocenters. The molecule has 3 amide bonds. The molecular formula is C23H25N5O3S. The summed E-state index contributed by atoms with van der Waals surface area (Å²) in [6.07, 6.45) is 0. The predicted molar refractivity (Wildman–Crippen MR) is 127 cm³/mol. The highest BCUT2D eigenvalue weighted by molar-refractivity contribution is 7.17. The number of hydrogen-bond donors (Lipinski definition) is 2. The van der Waals surface area contributed by atoms with E-state index in [1.165, 1.54) is 11.3 Å². The zero-order valence-corrected chi connectivity index (χ0v) is 18.8. The Morgan fingerprint density at radius 3 is 2.31 bits per heavy atom. The van der Waals surface area contributed by atoms with Gasteiger partial charge in [0.05, 0.1) is 12.8 Å². The van der Waals surface area contributed by atoms with Gasteiger partial charge in [-0.25, -0.2) is 9.78 Å². The second-order valence-corrected chi connectivity index (χ2v) is 8.36. The molecule has 0 atom stereocenters. The molecule has 3 aromatic rings. The van der Waals surface area contributed by atoms with Crippen LogP contribution in [0.5, 0.6) is 5.75 Å². The Morgan fingerprint density at radius 2 is 1.66 bits per heavy atom. The fourth-order valence-electron chi connectivity index (χ4n) is 3.53. The molecule has 2 N–H and O–H groups in total. The van der Waals surface area contributed by atoms with Gasteiger partial charge in [-0.05, 0) is 43.3 Å². The van der Waals surface area contributed by atoms with Crippen molar-refractivity contribution in [1.82, 2.24) is 9.88 Å². The number of carbonyl (C=O) groups excluding carboxylic acids is 2. The minimum absolute atomic E-state index is 0.0501. The van der Waals surface area contributed by atoms with Crippen molar-refractivity contribution in [2.75, 3.05) is 48.8 Å². The first-order valence-electron chi connectivity index (χ1n) is 10.3. The lowest BCUT2D eigenvalue weighted by Crippen LogP contribution is -2.48. The van der Waals surface area contributed by atoms with Crippen LogP contribution in [-0.4, -0.2) is 55.1 Å². The van der Waals surface area contributed by atoms with Crippen LogP contribution in [0.2, 0.25) is 0 Å². The normalized spacial score (nSPS) is 13.6. The van der Waals surface area contributed by atoms with Gasteiger partial charge in [0, 0.05) is 37.6 Å². The Morgan fingerprint density at radius 1 is 0.969 bits per heavy atom. The summed E-state index contributed by atoms with van der Waals surface area (Å²) >= 11 is 1.20. The van der Waals surface area contributed by atoms with Crippen molar-refractivity contribution in [3.05, 3.63) is 65.2 Å². The van der Waals surface area contributed by atoms with Gasteiger partial charge in [-0.3, -0.25) is 10.1 Å². The topological polar surface area (TPSA) is 86.8 Å². The second kappa shape index (κ2) is 9.69. The molecule has 1 aliphatic rings. The molecule has 166 valence electrons. The maximum absolute atomic E-state index is 13.1. The number of anilines is 3. The number of carbonyl (C=O) groups is 2. The van der Waals surface area contributed by atoms with Crippen molar-refractivity contribution in [1.29, 1.82) is 0 Å². The fraction of sp³-hybridized carbons (Fsp3) is 0.261. The Hall–Kier alpha value is -3.59. The molecule has 9 heteroatoms. The van der Waals surface area contributed by atoms with Crippen LogP contribution in [0.25, 0.3) is 0 Å². The van der Waals surface area contributed by atoms with E-state index in [1.54, 1.807) is 26.2 Å². The average molecular weight is 452 g/mol. The molecule has 8 nitrogen and oxygen atoms in total. The van der Waals surface area contributed by atoms with E-state index in [1.807, 2.05) is 47.4 Å². The number of methoxy groups -OCH3 is 1. The summed E-state index contributed by atoms with van der Waals surface area (Å²) in [6.45, 7) is 4.54. The predicted octanol–water partition coefficient (Wildman–Crippen LogP) is 4.07. The first-order chi connectivity index (χ1) is 15.5. The number of nitrogens with zero attached hydrogens (tertiary/aromatic N) is 3. The summed E-state index contributed by atoms with van der Waals surface area (Å²) in [7, 11) is 1.65. The third kappa shape index (κ3) is 5.00. The Kier molecular flexibility index (Phi) is 6.55. The Bertz CT molecular complexity index is 1080. The third-order valence-electron chi connectivity index (χ3n) is 5.25. The van der Waals surface area contributed by atoms with E-state index in [-0.39, 0.29) is 5.91 Å². The maximum atomic E-state index is 13.1. The van der Waals surface area contributed by atoms with Crippen LogP contribution in [0.3, 0.4) is 0 Å². The molecule has 0 bridgehead atoms. The van der Waals surface area contributed by atoms with Crippen LogP contribution in [0.15, 0.2) is 54.6 Å². The minimum Gasteiger partial charge on any atom is -0.497 e. The van der Waals surface area contributed by atoms with E-state index in [9.17, 15) is 9.59 Å². The number of nitrogens with one attached hydrogen (secondary N) is 2. The number of piperazine rings is 1. The van der Waals surface area contributed by atoms with Crippen LogP contribution in [0.1, 0.15) is 15.4 Å². The average Bonchev–Trinajstić information content (AvgIpc) is 3.19. The van der Waals surface area contributed by atoms with E-state index in [2.05, 4.69) is 20.5 Å². The molecule has 2 aromatic carbocycles. The first kappa shape index (κ1) is 21.6. The number of ether oxygens (including phenoxy) is 1. The van der Waals surface area contributed by atoms with Crippen molar-refractivity contribution in [3.8, 4) is 5.75 Å². The van der Waals surface area contributed by atoms with Crippen LogP contribution in [0, 0.1) is 6.92 Å². The highest BCUT2D eigenvalue weighted by atomic mass is 32.1. The van der Waals surface area contributed by atoms with Gasteiger partial charge < -0.3 is 19.9 Å². The van der Waals surface area contributed by atoms with Crippen molar-refractivity contribution in [2.45, 2.75) is 6.92 Å². The molecule has 1 saturated heterocycles. The number of amides is 3. The van der Waals surface area contributed by atoms with Crippen molar-refractivity contribution in [2.24, 2.45) is 0 Å². The van der Waals surface area contributed by atoms with Gasteiger partial charge in [0.25, 0.3) is 5.91 Å². The van der Waals surface area contributed by atoms with Gasteiger partial charge in [-0.2, -0.15) is 0 Å². The van der Waals surface area contributed by atoms with E-state index >= 15 is 0 Å². The zero-order chi connectivity index (χ0) is 22.5. The number of aromatic nitrogens is 1. The molecular weight excluding hydrogens is 426 g/mol. The monoisotopic (exact) mass is 451 g/mol. The second-order valence-electron chi connectivity index (χ2n) is 7.36. The number of thiazole rings is 1. The smallest absolute Gasteiger partial charge is 0.325 e. The standard InChI is InChI=1S/C23H25N5O3S/c1-16-20(32-23(24-16)26-22(30)25-17-6-4-3-5-7-17)21(29)28-14-12-27(13-15-28)18-8-10-19(31-2)11-9-18/h3-11H,12-15H2,1-2H3,(H2,24,25,26,30). The highest BCUT2D eigenvalue weighted by Crippen LogP contribution is 2.26. The molecule has 2 heterocycles. The lowest BCUT2D eigenvalue weighted by atomic mass is 10.2. The molecule has 1 fully saturated rings. The SMILES string of the molecule is COc1ccc(N2CCN(C(=O)c3sc(NC(=O)Nc4ccccc4)nc3C)CC2)cc1. The summed E-state index contributed by atoms with van der Waals surface area (Å²) in [5, 5.41) is 5.86. The summed E-state index contributed by atoms with van der Waals surface area (Å²) in [5.74, 6) is 0.774. The van der Waals surface area contributed by atoms with Crippen LogP contribution in [0.4, 0.5) is 21.3 Å². The Balaban J connectivity index is 1.34. The summed E-state index contributed by atoms with van der Waals surface area (Å²) in [6, 6.07) is 16.7. The molecule has 4 rings (SSSR count). The lowest BCUT2D eigenvalue weighted by Gasteiger charge is -2.36. The summed E-state index contributed by atoms with van der Waals surface area (Å²) < 4.78 is 5.21. The molecule has 0 saturated carbocycles. The zero-order valence-electron chi connectivity index (χ0n) is 18.0. The quantitative estimate of drug-likeness (QED) is 0.611. The molecule has 0 spiro atoms. The minimum atomic E-state index is -0.392. The van der Waals surface area contributed by atoms with E-state index in [4.69, 9.17) is 4.74 Å². The van der Waals surface area contributed by atoms with Crippen molar-refractivity contribution < 1.29 is 14.3 Å². The number of urea groups is 1. The van der Waals surface area contributed by atoms with Gasteiger partial charge >= 0.3 is 6.03 Å².